The number of carboxylic acid groups (broad SMARTS) is 1. The summed E-state index contributed by atoms with van der Waals surface area (Å²) in [6.45, 7) is 0.463. The molecule has 0 bridgehead atoms. The molecule has 1 aromatic heterocycles. The molecule has 4 nitrogen and oxygen atoms in total. The van der Waals surface area contributed by atoms with E-state index in [0.717, 1.165) is 14.7 Å². The van der Waals surface area contributed by atoms with Crippen molar-refractivity contribution in [2.75, 3.05) is 0 Å². The van der Waals surface area contributed by atoms with E-state index in [4.69, 9.17) is 5.11 Å². The molecule has 0 radical (unpaired) electrons. The lowest BCUT2D eigenvalue weighted by Gasteiger charge is -2.04. The molecule has 0 aliphatic carbocycles. The standard InChI is InChI=1S/C15H12BrNO3S/c16-13-6-5-12(21-13)9-17-15(20)11-3-1-2-10(8-11)4-7-14(18)19/h1-8H,9H2,(H,17,20)(H,18,19). The fourth-order valence-corrected chi connectivity index (χ4v) is 3.09. The van der Waals surface area contributed by atoms with Crippen LogP contribution in [0, 0.1) is 0 Å². The summed E-state index contributed by atoms with van der Waals surface area (Å²) >= 11 is 4.94. The van der Waals surface area contributed by atoms with Gasteiger partial charge in [-0.05, 0) is 51.8 Å². The van der Waals surface area contributed by atoms with E-state index in [1.165, 1.54) is 6.08 Å². The molecule has 0 fully saturated rings. The minimum Gasteiger partial charge on any atom is -0.478 e. The van der Waals surface area contributed by atoms with Crippen LogP contribution in [0.15, 0.2) is 46.3 Å². The molecule has 0 atom stereocenters. The smallest absolute Gasteiger partial charge is 0.328 e. The Hall–Kier alpha value is -1.92. The number of halogens is 1. The Bertz CT molecular complexity index is 694. The van der Waals surface area contributed by atoms with E-state index >= 15 is 0 Å². The fraction of sp³-hybridized carbons (Fsp3) is 0.0667. The number of benzene rings is 1. The summed E-state index contributed by atoms with van der Waals surface area (Å²) in [7, 11) is 0. The molecular weight excluding hydrogens is 354 g/mol. The van der Waals surface area contributed by atoms with Gasteiger partial charge >= 0.3 is 5.97 Å². The van der Waals surface area contributed by atoms with Crippen molar-refractivity contribution in [2.24, 2.45) is 0 Å². The maximum Gasteiger partial charge on any atom is 0.328 e. The molecule has 0 saturated carbocycles. The van der Waals surface area contributed by atoms with Crippen molar-refractivity contribution in [3.8, 4) is 0 Å². The summed E-state index contributed by atoms with van der Waals surface area (Å²) in [5.41, 5.74) is 1.17. The minimum atomic E-state index is -1.02. The Labute approximate surface area is 134 Å². The van der Waals surface area contributed by atoms with Crippen LogP contribution in [-0.4, -0.2) is 17.0 Å². The molecule has 2 rings (SSSR count). The van der Waals surface area contributed by atoms with Crippen LogP contribution in [0.4, 0.5) is 0 Å². The first-order valence-electron chi connectivity index (χ1n) is 6.08. The van der Waals surface area contributed by atoms with Crippen molar-refractivity contribution in [3.63, 3.8) is 0 Å². The van der Waals surface area contributed by atoms with Gasteiger partial charge in [-0.15, -0.1) is 11.3 Å². The summed E-state index contributed by atoms with van der Waals surface area (Å²) in [5.74, 6) is -1.21. The number of hydrogen-bond acceptors (Lipinski definition) is 3. The zero-order valence-electron chi connectivity index (χ0n) is 10.9. The predicted molar refractivity (Wildman–Crippen MR) is 86.3 cm³/mol. The van der Waals surface area contributed by atoms with Crippen LogP contribution in [0.2, 0.25) is 0 Å². The molecule has 1 aromatic carbocycles. The number of carbonyl (C=O) groups is 2. The molecule has 2 N–H and O–H groups in total. The maximum absolute atomic E-state index is 12.1. The van der Waals surface area contributed by atoms with E-state index in [2.05, 4.69) is 21.2 Å². The average molecular weight is 366 g/mol. The van der Waals surface area contributed by atoms with Gasteiger partial charge in [0.05, 0.1) is 10.3 Å². The number of rotatable bonds is 5. The highest BCUT2D eigenvalue weighted by Crippen LogP contribution is 2.21. The van der Waals surface area contributed by atoms with E-state index in [1.54, 1.807) is 35.6 Å². The number of carbonyl (C=O) groups excluding carboxylic acids is 1. The molecular formula is C15H12BrNO3S. The summed E-state index contributed by atoms with van der Waals surface area (Å²) in [6, 6.07) is 10.7. The van der Waals surface area contributed by atoms with Gasteiger partial charge in [0.1, 0.15) is 0 Å². The van der Waals surface area contributed by atoms with Gasteiger partial charge < -0.3 is 10.4 Å². The van der Waals surface area contributed by atoms with Crippen molar-refractivity contribution in [1.29, 1.82) is 0 Å². The van der Waals surface area contributed by atoms with Gasteiger partial charge in [0.25, 0.3) is 5.91 Å². The molecule has 0 saturated heterocycles. The second kappa shape index (κ2) is 7.19. The normalized spacial score (nSPS) is 10.7. The predicted octanol–water partition coefficient (Wildman–Crippen LogP) is 3.54. The zero-order valence-corrected chi connectivity index (χ0v) is 13.3. The Kier molecular flexibility index (Phi) is 5.30. The van der Waals surface area contributed by atoms with Gasteiger partial charge in [-0.25, -0.2) is 4.79 Å². The highest BCUT2D eigenvalue weighted by Gasteiger charge is 2.06. The van der Waals surface area contributed by atoms with E-state index in [9.17, 15) is 9.59 Å². The van der Waals surface area contributed by atoms with Crippen LogP contribution >= 0.6 is 27.3 Å². The third kappa shape index (κ3) is 4.84. The number of nitrogens with one attached hydrogen (secondary N) is 1. The summed E-state index contributed by atoms with van der Waals surface area (Å²) in [6.07, 6.45) is 2.50. The Balaban J connectivity index is 2.02. The van der Waals surface area contributed by atoms with Gasteiger partial charge in [-0.1, -0.05) is 12.1 Å². The lowest BCUT2D eigenvalue weighted by Crippen LogP contribution is -2.22. The van der Waals surface area contributed by atoms with Gasteiger partial charge in [0.15, 0.2) is 0 Å². The van der Waals surface area contributed by atoms with Crippen LogP contribution in [0.1, 0.15) is 20.8 Å². The average Bonchev–Trinajstić information content (AvgIpc) is 2.88. The van der Waals surface area contributed by atoms with Crippen LogP contribution in [-0.2, 0) is 11.3 Å². The van der Waals surface area contributed by atoms with Crippen LogP contribution in [0.5, 0.6) is 0 Å². The number of hydrogen-bond donors (Lipinski definition) is 2. The largest absolute Gasteiger partial charge is 0.478 e. The summed E-state index contributed by atoms with van der Waals surface area (Å²) in [4.78, 5) is 23.6. The first-order valence-corrected chi connectivity index (χ1v) is 7.69. The van der Waals surface area contributed by atoms with Gasteiger partial charge in [-0.3, -0.25) is 4.79 Å². The maximum atomic E-state index is 12.1. The Morgan fingerprint density at radius 2 is 2.10 bits per heavy atom. The summed E-state index contributed by atoms with van der Waals surface area (Å²) in [5, 5.41) is 11.4. The second-order valence-corrected chi connectivity index (χ2v) is 6.73. The molecule has 0 aliphatic heterocycles. The number of aliphatic carboxylic acids is 1. The van der Waals surface area contributed by atoms with Crippen LogP contribution in [0.3, 0.4) is 0 Å². The minimum absolute atomic E-state index is 0.190. The Morgan fingerprint density at radius 3 is 2.76 bits per heavy atom. The molecule has 6 heteroatoms. The molecule has 0 spiro atoms. The molecule has 2 aromatic rings. The van der Waals surface area contributed by atoms with Gasteiger partial charge in [0.2, 0.25) is 0 Å². The van der Waals surface area contributed by atoms with Crippen molar-refractivity contribution >= 4 is 45.2 Å². The SMILES string of the molecule is O=C(O)C=Cc1cccc(C(=O)NCc2ccc(Br)s2)c1. The van der Waals surface area contributed by atoms with E-state index in [-0.39, 0.29) is 5.91 Å². The highest BCUT2D eigenvalue weighted by molar-refractivity contribution is 9.11. The number of thiophene rings is 1. The van der Waals surface area contributed by atoms with Gasteiger partial charge in [0, 0.05) is 16.5 Å². The van der Waals surface area contributed by atoms with Crippen LogP contribution < -0.4 is 5.32 Å². The van der Waals surface area contributed by atoms with Crippen molar-refractivity contribution in [2.45, 2.75) is 6.54 Å². The molecule has 0 unspecified atom stereocenters. The quantitative estimate of drug-likeness (QED) is 0.796. The first-order chi connectivity index (χ1) is 10.0. The van der Waals surface area contributed by atoms with E-state index in [1.807, 2.05) is 12.1 Å². The second-order valence-electron chi connectivity index (χ2n) is 4.19. The van der Waals surface area contributed by atoms with Crippen molar-refractivity contribution < 1.29 is 14.7 Å². The summed E-state index contributed by atoms with van der Waals surface area (Å²) < 4.78 is 1.02. The molecule has 1 heterocycles. The van der Waals surface area contributed by atoms with Crippen LogP contribution in [0.25, 0.3) is 6.08 Å². The number of amides is 1. The highest BCUT2D eigenvalue weighted by atomic mass is 79.9. The third-order valence-electron chi connectivity index (χ3n) is 2.62. The zero-order chi connectivity index (χ0) is 15.2. The van der Waals surface area contributed by atoms with Crippen molar-refractivity contribution in [3.05, 3.63) is 62.3 Å². The Morgan fingerprint density at radius 1 is 1.29 bits per heavy atom. The van der Waals surface area contributed by atoms with Crippen molar-refractivity contribution in [1.82, 2.24) is 5.32 Å². The first kappa shape index (κ1) is 15.5. The molecule has 0 aliphatic rings. The molecule has 108 valence electrons. The van der Waals surface area contributed by atoms with E-state index in [0.29, 0.717) is 17.7 Å². The lowest BCUT2D eigenvalue weighted by atomic mass is 10.1. The number of carboxylic acids is 1. The third-order valence-corrected chi connectivity index (χ3v) is 4.24. The monoisotopic (exact) mass is 365 g/mol. The van der Waals surface area contributed by atoms with E-state index < -0.39 is 5.97 Å². The fourth-order valence-electron chi connectivity index (χ4n) is 1.67. The molecule has 1 amide bonds. The van der Waals surface area contributed by atoms with Gasteiger partial charge in [-0.2, -0.15) is 0 Å². The molecule has 21 heavy (non-hydrogen) atoms. The topological polar surface area (TPSA) is 66.4 Å². The lowest BCUT2D eigenvalue weighted by molar-refractivity contribution is -0.131.